The van der Waals surface area contributed by atoms with Crippen LogP contribution in [0, 0.1) is 47.3 Å². The summed E-state index contributed by atoms with van der Waals surface area (Å²) in [5.74, 6) is 6.75. The van der Waals surface area contributed by atoms with Crippen LogP contribution in [0.1, 0.15) is 75.3 Å². The van der Waals surface area contributed by atoms with Gasteiger partial charge >= 0.3 is 0 Å². The van der Waals surface area contributed by atoms with Crippen LogP contribution in [0.5, 0.6) is 0 Å². The molecule has 1 heterocycles. The number of benzene rings is 2. The molecule has 0 atom stereocenters. The Morgan fingerprint density at radius 1 is 0.455 bits per heavy atom. The first kappa shape index (κ1) is 18.7. The van der Waals surface area contributed by atoms with Gasteiger partial charge in [0.1, 0.15) is 11.2 Å². The molecule has 0 amide bonds. The van der Waals surface area contributed by atoms with E-state index in [1.807, 2.05) is 0 Å². The lowest BCUT2D eigenvalue weighted by Crippen LogP contribution is -2.64. The highest BCUT2D eigenvalue weighted by Crippen LogP contribution is 2.72. The van der Waals surface area contributed by atoms with Crippen molar-refractivity contribution in [1.82, 2.24) is 0 Å². The molecule has 8 saturated carbocycles. The Hall–Kier alpha value is -1.60. The molecular formula is C32H36O. The first-order chi connectivity index (χ1) is 16.2. The van der Waals surface area contributed by atoms with Gasteiger partial charge in [-0.2, -0.15) is 0 Å². The van der Waals surface area contributed by atoms with Crippen molar-refractivity contribution in [2.75, 3.05) is 0 Å². The maximum absolute atomic E-state index is 8.19. The molecule has 1 heteroatoms. The molecule has 9 aliphatic rings. The van der Waals surface area contributed by atoms with Crippen LogP contribution in [0.4, 0.5) is 0 Å². The normalized spacial score (nSPS) is 49.9. The second kappa shape index (κ2) is 6.14. The minimum atomic E-state index is -0.0571. The van der Waals surface area contributed by atoms with E-state index in [4.69, 9.17) is 4.74 Å². The summed E-state index contributed by atoms with van der Waals surface area (Å²) in [5, 5.41) is 0. The van der Waals surface area contributed by atoms with Gasteiger partial charge in [0.15, 0.2) is 0 Å². The molecule has 0 radical (unpaired) electrons. The lowest BCUT2D eigenvalue weighted by molar-refractivity contribution is -0.322. The molecular weight excluding hydrogens is 400 g/mol. The van der Waals surface area contributed by atoms with Gasteiger partial charge in [0, 0.05) is 0 Å². The van der Waals surface area contributed by atoms with Gasteiger partial charge in [-0.05, 0) is 134 Å². The molecule has 2 aromatic carbocycles. The van der Waals surface area contributed by atoms with Crippen molar-refractivity contribution in [3.8, 4) is 11.1 Å². The largest absolute Gasteiger partial charge is 0.358 e. The van der Waals surface area contributed by atoms with Crippen molar-refractivity contribution < 1.29 is 4.74 Å². The Morgan fingerprint density at radius 3 is 1.15 bits per heavy atom. The maximum atomic E-state index is 8.19. The Bertz CT molecular complexity index is 997. The number of hydrogen-bond acceptors (Lipinski definition) is 1. The van der Waals surface area contributed by atoms with E-state index in [-0.39, 0.29) is 11.2 Å². The summed E-state index contributed by atoms with van der Waals surface area (Å²) in [4.78, 5) is 0. The Morgan fingerprint density at radius 2 is 0.788 bits per heavy atom. The predicted molar refractivity (Wildman–Crippen MR) is 130 cm³/mol. The van der Waals surface area contributed by atoms with Gasteiger partial charge in [-0.3, -0.25) is 0 Å². The fourth-order valence-corrected chi connectivity index (χ4v) is 11.5. The van der Waals surface area contributed by atoms with E-state index in [0.717, 1.165) is 47.3 Å². The minimum absolute atomic E-state index is 0.0571. The van der Waals surface area contributed by atoms with E-state index in [9.17, 15) is 0 Å². The molecule has 11 rings (SSSR count). The van der Waals surface area contributed by atoms with Gasteiger partial charge in [0.25, 0.3) is 0 Å². The van der Waals surface area contributed by atoms with Gasteiger partial charge in [0.05, 0.1) is 0 Å². The predicted octanol–water partition coefficient (Wildman–Crippen LogP) is 7.69. The van der Waals surface area contributed by atoms with E-state index in [2.05, 4.69) is 48.5 Å². The topological polar surface area (TPSA) is 9.23 Å². The first-order valence-electron chi connectivity index (χ1n) is 14.1. The summed E-state index contributed by atoms with van der Waals surface area (Å²) in [6.45, 7) is 0. The number of ether oxygens (including phenoxy) is 1. The molecule has 0 N–H and O–H groups in total. The molecule has 1 nitrogen and oxygen atoms in total. The molecule has 170 valence electrons. The van der Waals surface area contributed by atoms with Crippen LogP contribution < -0.4 is 0 Å². The van der Waals surface area contributed by atoms with Crippen LogP contribution in [-0.4, -0.2) is 0 Å². The first-order valence-corrected chi connectivity index (χ1v) is 14.1. The minimum Gasteiger partial charge on any atom is -0.358 e. The van der Waals surface area contributed by atoms with Crippen molar-refractivity contribution in [3.05, 3.63) is 59.7 Å². The summed E-state index contributed by atoms with van der Waals surface area (Å²) in [5.41, 5.74) is 6.03. The SMILES string of the molecule is c1ccc2c(c1)-c1ccccc1C1(OC23C2CC4CC(C2)CC3C4)C2CC3CC(C2)CC1C3. The highest BCUT2D eigenvalue weighted by atomic mass is 16.5. The molecule has 2 spiro atoms. The average molecular weight is 437 g/mol. The second-order valence-corrected chi connectivity index (χ2v) is 13.4. The third kappa shape index (κ3) is 2.17. The van der Waals surface area contributed by atoms with Crippen LogP contribution in [0.2, 0.25) is 0 Å². The van der Waals surface area contributed by atoms with E-state index >= 15 is 0 Å². The van der Waals surface area contributed by atoms with Gasteiger partial charge < -0.3 is 4.74 Å². The molecule has 0 saturated heterocycles. The van der Waals surface area contributed by atoms with Gasteiger partial charge in [-0.1, -0.05) is 48.5 Å². The highest BCUT2D eigenvalue weighted by Gasteiger charge is 2.68. The summed E-state index contributed by atoms with van der Waals surface area (Å²) in [6, 6.07) is 19.1. The van der Waals surface area contributed by atoms with Crippen LogP contribution >= 0.6 is 0 Å². The van der Waals surface area contributed by atoms with Crippen molar-refractivity contribution in [3.63, 3.8) is 0 Å². The van der Waals surface area contributed by atoms with Gasteiger partial charge in [-0.25, -0.2) is 0 Å². The molecule has 0 aromatic heterocycles. The van der Waals surface area contributed by atoms with Crippen molar-refractivity contribution in [2.45, 2.75) is 75.4 Å². The number of fused-ring (bicyclic) bond motifs is 3. The fourth-order valence-electron chi connectivity index (χ4n) is 11.5. The average Bonchev–Trinajstić information content (AvgIpc) is 2.93. The van der Waals surface area contributed by atoms with Crippen LogP contribution in [0.3, 0.4) is 0 Å². The zero-order chi connectivity index (χ0) is 21.4. The molecule has 0 unspecified atom stereocenters. The van der Waals surface area contributed by atoms with Gasteiger partial charge in [-0.15, -0.1) is 0 Å². The monoisotopic (exact) mass is 436 g/mol. The number of hydrogen-bond donors (Lipinski definition) is 0. The summed E-state index contributed by atoms with van der Waals surface area (Å²) < 4.78 is 8.19. The lowest BCUT2D eigenvalue weighted by Gasteiger charge is -2.67. The van der Waals surface area contributed by atoms with E-state index < -0.39 is 0 Å². The van der Waals surface area contributed by atoms with Crippen molar-refractivity contribution in [1.29, 1.82) is 0 Å². The summed E-state index contributed by atoms with van der Waals surface area (Å²) >= 11 is 0. The van der Waals surface area contributed by atoms with E-state index in [1.165, 1.54) is 75.3 Å². The van der Waals surface area contributed by atoms with E-state index in [0.29, 0.717) is 0 Å². The smallest absolute Gasteiger partial charge is 0.101 e. The fraction of sp³-hybridized carbons (Fsp3) is 0.625. The molecule has 1 aliphatic heterocycles. The van der Waals surface area contributed by atoms with Gasteiger partial charge in [0.2, 0.25) is 0 Å². The molecule has 33 heavy (non-hydrogen) atoms. The maximum Gasteiger partial charge on any atom is 0.101 e. The van der Waals surface area contributed by atoms with Crippen LogP contribution in [-0.2, 0) is 15.9 Å². The molecule has 8 bridgehead atoms. The van der Waals surface area contributed by atoms with Crippen molar-refractivity contribution in [2.24, 2.45) is 47.3 Å². The van der Waals surface area contributed by atoms with Crippen LogP contribution in [0.15, 0.2) is 48.5 Å². The van der Waals surface area contributed by atoms with E-state index in [1.54, 1.807) is 11.1 Å². The zero-order valence-electron chi connectivity index (χ0n) is 19.7. The highest BCUT2D eigenvalue weighted by molar-refractivity contribution is 5.74. The Kier molecular flexibility index (Phi) is 3.48. The quantitative estimate of drug-likeness (QED) is 0.411. The summed E-state index contributed by atoms with van der Waals surface area (Å²) in [7, 11) is 0. The number of rotatable bonds is 0. The third-order valence-electron chi connectivity index (χ3n) is 12.0. The third-order valence-corrected chi connectivity index (χ3v) is 12.0. The Labute approximate surface area is 198 Å². The second-order valence-electron chi connectivity index (χ2n) is 13.4. The molecule has 8 fully saturated rings. The van der Waals surface area contributed by atoms with Crippen LogP contribution in [0.25, 0.3) is 11.1 Å². The standard InChI is InChI=1S/C32H36O/c1-3-7-29-27(5-1)28-6-2-4-8-30(28)32(25-15-21-10-22(17-25)18-26(32)16-21)33-31(29)23-11-19-9-20(13-23)14-24(31)12-19/h1-8,19-26H,9-18H2. The Balaban J connectivity index is 1.35. The zero-order valence-corrected chi connectivity index (χ0v) is 19.7. The summed E-state index contributed by atoms with van der Waals surface area (Å²) in [6.07, 6.45) is 14.3. The molecule has 2 aromatic rings. The molecule has 8 aliphatic carbocycles. The van der Waals surface area contributed by atoms with Crippen molar-refractivity contribution >= 4 is 0 Å². The lowest BCUT2D eigenvalue weighted by atomic mass is 9.46.